The average Bonchev–Trinajstić information content (AvgIpc) is 3.25. The fourth-order valence-electron chi connectivity index (χ4n) is 4.73. The van der Waals surface area contributed by atoms with Crippen LogP contribution in [0.5, 0.6) is 0 Å². The van der Waals surface area contributed by atoms with E-state index in [-0.39, 0.29) is 24.5 Å². The van der Waals surface area contributed by atoms with Crippen molar-refractivity contribution in [2.75, 3.05) is 13.1 Å². The number of hydrogen-bond acceptors (Lipinski definition) is 3. The Bertz CT molecular complexity index is 886. The second-order valence-electron chi connectivity index (χ2n) is 7.98. The molecule has 6 nitrogen and oxygen atoms in total. The van der Waals surface area contributed by atoms with E-state index >= 15 is 0 Å². The molecule has 2 aromatic rings. The standard InChI is InChI=1S/C22H25N3O3/c1-15-6-4-7-16(12-15)19(18-9-2-3-11-23-18)24-21(28)25-13-17-8-5-10-22(17,14-25)20(26)27/h2-4,6-7,9,11-12,17,19H,5,8,10,13-14H2,1H3,(H,24,28)(H,26,27)/t17-,19?,22+/m0/s1. The number of aryl methyl sites for hydroxylation is 1. The molecule has 2 amide bonds. The summed E-state index contributed by atoms with van der Waals surface area (Å²) in [5, 5.41) is 12.9. The molecule has 0 radical (unpaired) electrons. The molecule has 0 bridgehead atoms. The van der Waals surface area contributed by atoms with Crippen molar-refractivity contribution in [1.29, 1.82) is 0 Å². The van der Waals surface area contributed by atoms with Crippen LogP contribution in [-0.4, -0.2) is 40.1 Å². The Kier molecular flexibility index (Phi) is 4.79. The highest BCUT2D eigenvalue weighted by Gasteiger charge is 2.55. The van der Waals surface area contributed by atoms with Gasteiger partial charge >= 0.3 is 12.0 Å². The summed E-state index contributed by atoms with van der Waals surface area (Å²) in [6.07, 6.45) is 4.16. The largest absolute Gasteiger partial charge is 0.481 e. The monoisotopic (exact) mass is 379 g/mol. The van der Waals surface area contributed by atoms with Gasteiger partial charge in [0.25, 0.3) is 0 Å². The Morgan fingerprint density at radius 3 is 2.82 bits per heavy atom. The molecular formula is C22H25N3O3. The third-order valence-corrected chi connectivity index (χ3v) is 6.21. The molecule has 1 aromatic heterocycles. The van der Waals surface area contributed by atoms with Crippen LogP contribution in [0, 0.1) is 18.3 Å². The van der Waals surface area contributed by atoms with Crippen molar-refractivity contribution in [1.82, 2.24) is 15.2 Å². The lowest BCUT2D eigenvalue weighted by Gasteiger charge is -2.26. The van der Waals surface area contributed by atoms with Gasteiger partial charge < -0.3 is 15.3 Å². The number of likely N-dealkylation sites (tertiary alicyclic amines) is 1. The molecule has 4 rings (SSSR count). The first-order valence-electron chi connectivity index (χ1n) is 9.76. The number of carboxylic acid groups (broad SMARTS) is 1. The van der Waals surface area contributed by atoms with Gasteiger partial charge in [-0.15, -0.1) is 0 Å². The van der Waals surface area contributed by atoms with Gasteiger partial charge in [-0.3, -0.25) is 9.78 Å². The quantitative estimate of drug-likeness (QED) is 0.853. The first-order valence-corrected chi connectivity index (χ1v) is 9.76. The number of carboxylic acids is 1. The van der Waals surface area contributed by atoms with E-state index in [1.165, 1.54) is 0 Å². The first kappa shape index (κ1) is 18.5. The van der Waals surface area contributed by atoms with E-state index in [4.69, 9.17) is 0 Å². The zero-order valence-corrected chi connectivity index (χ0v) is 16.0. The van der Waals surface area contributed by atoms with Gasteiger partial charge in [-0.05, 0) is 43.4 Å². The summed E-state index contributed by atoms with van der Waals surface area (Å²) in [6, 6.07) is 13.0. The molecule has 2 N–H and O–H groups in total. The SMILES string of the molecule is Cc1cccc(C(NC(=O)N2C[C@@H]3CCC[C@@]3(C(=O)O)C2)c2ccccn2)c1. The van der Waals surface area contributed by atoms with Crippen LogP contribution in [-0.2, 0) is 4.79 Å². The zero-order valence-electron chi connectivity index (χ0n) is 16.0. The molecular weight excluding hydrogens is 354 g/mol. The Balaban J connectivity index is 1.58. The lowest BCUT2D eigenvalue weighted by atomic mass is 9.81. The van der Waals surface area contributed by atoms with E-state index in [0.717, 1.165) is 29.7 Å². The van der Waals surface area contributed by atoms with Gasteiger partial charge in [0.15, 0.2) is 0 Å². The van der Waals surface area contributed by atoms with Gasteiger partial charge in [0, 0.05) is 19.3 Å². The maximum atomic E-state index is 13.1. The number of carbonyl (C=O) groups is 2. The normalized spacial score (nSPS) is 24.6. The minimum atomic E-state index is -0.777. The number of hydrogen-bond donors (Lipinski definition) is 2. The molecule has 3 atom stereocenters. The predicted molar refractivity (Wildman–Crippen MR) is 105 cm³/mol. The van der Waals surface area contributed by atoms with Gasteiger partial charge in [-0.25, -0.2) is 4.79 Å². The topological polar surface area (TPSA) is 82.5 Å². The Labute approximate surface area is 164 Å². The van der Waals surface area contributed by atoms with E-state index in [9.17, 15) is 14.7 Å². The van der Waals surface area contributed by atoms with E-state index in [2.05, 4.69) is 10.3 Å². The number of benzene rings is 1. The fraction of sp³-hybridized carbons (Fsp3) is 0.409. The molecule has 1 unspecified atom stereocenters. The molecule has 146 valence electrons. The number of pyridine rings is 1. The van der Waals surface area contributed by atoms with Crippen LogP contribution < -0.4 is 5.32 Å². The smallest absolute Gasteiger partial charge is 0.318 e. The summed E-state index contributed by atoms with van der Waals surface area (Å²) in [6.45, 7) is 2.79. The molecule has 2 aliphatic rings. The van der Waals surface area contributed by atoms with Crippen molar-refractivity contribution in [3.05, 3.63) is 65.5 Å². The summed E-state index contributed by atoms with van der Waals surface area (Å²) in [5.41, 5.74) is 2.04. The van der Waals surface area contributed by atoms with E-state index in [1.807, 2.05) is 49.4 Å². The average molecular weight is 379 g/mol. The lowest BCUT2D eigenvalue weighted by molar-refractivity contribution is -0.149. The van der Waals surface area contributed by atoms with E-state index in [1.54, 1.807) is 11.1 Å². The highest BCUT2D eigenvalue weighted by atomic mass is 16.4. The van der Waals surface area contributed by atoms with Crippen molar-refractivity contribution in [2.45, 2.75) is 32.2 Å². The Morgan fingerprint density at radius 1 is 1.29 bits per heavy atom. The van der Waals surface area contributed by atoms with Gasteiger partial charge in [-0.1, -0.05) is 42.3 Å². The number of aliphatic carboxylic acids is 1. The van der Waals surface area contributed by atoms with Crippen LogP contribution >= 0.6 is 0 Å². The summed E-state index contributed by atoms with van der Waals surface area (Å²) in [4.78, 5) is 31.1. The highest BCUT2D eigenvalue weighted by molar-refractivity contribution is 5.81. The van der Waals surface area contributed by atoms with Crippen LogP contribution in [0.4, 0.5) is 4.79 Å². The third kappa shape index (κ3) is 3.23. The first-order chi connectivity index (χ1) is 13.5. The number of fused-ring (bicyclic) bond motifs is 1. The van der Waals surface area contributed by atoms with Gasteiger partial charge in [0.2, 0.25) is 0 Å². The Morgan fingerprint density at radius 2 is 2.14 bits per heavy atom. The molecule has 6 heteroatoms. The van der Waals surface area contributed by atoms with E-state index < -0.39 is 11.4 Å². The number of urea groups is 1. The second kappa shape index (κ2) is 7.26. The molecule has 0 spiro atoms. The predicted octanol–water partition coefficient (Wildman–Crippen LogP) is 3.38. The van der Waals surface area contributed by atoms with Crippen molar-refractivity contribution >= 4 is 12.0 Å². The maximum absolute atomic E-state index is 13.1. The molecule has 1 aromatic carbocycles. The van der Waals surface area contributed by atoms with Crippen LogP contribution in [0.2, 0.25) is 0 Å². The molecule has 1 saturated carbocycles. The highest BCUT2D eigenvalue weighted by Crippen LogP contribution is 2.48. The van der Waals surface area contributed by atoms with Gasteiger partial charge in [0.05, 0.1) is 17.2 Å². The minimum absolute atomic E-state index is 0.0445. The lowest BCUT2D eigenvalue weighted by Crippen LogP contribution is -2.43. The van der Waals surface area contributed by atoms with Crippen LogP contribution in [0.3, 0.4) is 0 Å². The molecule has 2 fully saturated rings. The third-order valence-electron chi connectivity index (χ3n) is 6.21. The number of rotatable bonds is 4. The maximum Gasteiger partial charge on any atom is 0.318 e. The number of nitrogens with zero attached hydrogens (tertiary/aromatic N) is 2. The fourth-order valence-corrected chi connectivity index (χ4v) is 4.73. The molecule has 1 aliphatic carbocycles. The molecule has 1 aliphatic heterocycles. The minimum Gasteiger partial charge on any atom is -0.481 e. The van der Waals surface area contributed by atoms with Crippen molar-refractivity contribution in [3.63, 3.8) is 0 Å². The number of amides is 2. The van der Waals surface area contributed by atoms with Gasteiger partial charge in [0.1, 0.15) is 0 Å². The number of carbonyl (C=O) groups excluding carboxylic acids is 1. The molecule has 28 heavy (non-hydrogen) atoms. The summed E-state index contributed by atoms with van der Waals surface area (Å²) >= 11 is 0. The summed E-state index contributed by atoms with van der Waals surface area (Å²) in [7, 11) is 0. The number of nitrogens with one attached hydrogen (secondary N) is 1. The van der Waals surface area contributed by atoms with E-state index in [0.29, 0.717) is 13.0 Å². The van der Waals surface area contributed by atoms with Crippen molar-refractivity contribution in [2.24, 2.45) is 11.3 Å². The molecule has 2 heterocycles. The second-order valence-corrected chi connectivity index (χ2v) is 7.98. The summed E-state index contributed by atoms with van der Waals surface area (Å²) < 4.78 is 0. The van der Waals surface area contributed by atoms with Crippen LogP contribution in [0.25, 0.3) is 0 Å². The Hall–Kier alpha value is -2.89. The zero-order chi connectivity index (χ0) is 19.7. The number of aromatic nitrogens is 1. The van der Waals surface area contributed by atoms with Crippen molar-refractivity contribution in [3.8, 4) is 0 Å². The van der Waals surface area contributed by atoms with Crippen LogP contribution in [0.1, 0.15) is 42.1 Å². The molecule has 1 saturated heterocycles. The van der Waals surface area contributed by atoms with Gasteiger partial charge in [-0.2, -0.15) is 0 Å². The summed E-state index contributed by atoms with van der Waals surface area (Å²) in [5.74, 6) is -0.728. The van der Waals surface area contributed by atoms with Crippen molar-refractivity contribution < 1.29 is 14.7 Å². The van der Waals surface area contributed by atoms with Crippen LogP contribution in [0.15, 0.2) is 48.7 Å².